The third-order valence-corrected chi connectivity index (χ3v) is 7.22. The molecule has 0 amide bonds. The van der Waals surface area contributed by atoms with E-state index in [9.17, 15) is 4.79 Å². The zero-order chi connectivity index (χ0) is 23.4. The summed E-state index contributed by atoms with van der Waals surface area (Å²) in [4.78, 5) is 24.2. The van der Waals surface area contributed by atoms with Crippen molar-refractivity contribution in [2.75, 3.05) is 0 Å². The van der Waals surface area contributed by atoms with E-state index in [1.165, 1.54) is 11.3 Å². The van der Waals surface area contributed by atoms with E-state index in [1.807, 2.05) is 91.0 Å². The quantitative estimate of drug-likeness (QED) is 0.277. The van der Waals surface area contributed by atoms with Crippen LogP contribution in [-0.2, 0) is 0 Å². The van der Waals surface area contributed by atoms with E-state index in [2.05, 4.69) is 17.1 Å². The molecule has 7 aromatic rings. The van der Waals surface area contributed by atoms with Gasteiger partial charge in [-0.3, -0.25) is 0 Å². The summed E-state index contributed by atoms with van der Waals surface area (Å²) >= 11 is 1.49. The second-order valence-corrected chi connectivity index (χ2v) is 9.21. The van der Waals surface area contributed by atoms with Gasteiger partial charge in [-0.15, -0.1) is 0 Å². The number of hydrogen-bond donors (Lipinski definition) is 0. The number of thiazole rings is 1. The van der Waals surface area contributed by atoms with Gasteiger partial charge in [-0.25, -0.2) is 9.20 Å². The third kappa shape index (κ3) is 3.11. The van der Waals surface area contributed by atoms with E-state index < -0.39 is 0 Å². The van der Waals surface area contributed by atoms with Crippen LogP contribution in [0.5, 0.6) is 0 Å². The fraction of sp³-hybridized carbons (Fsp3) is 0. The van der Waals surface area contributed by atoms with Crippen LogP contribution in [0.2, 0.25) is 0 Å². The van der Waals surface area contributed by atoms with Crippen molar-refractivity contribution in [3.05, 3.63) is 114 Å². The Morgan fingerprint density at radius 1 is 0.686 bits per heavy atom. The Labute approximate surface area is 203 Å². The predicted molar refractivity (Wildman–Crippen MR) is 141 cm³/mol. The van der Waals surface area contributed by atoms with Gasteiger partial charge in [-0.05, 0) is 12.1 Å². The fourth-order valence-electron chi connectivity index (χ4n) is 4.61. The molecule has 0 atom stereocenters. The van der Waals surface area contributed by atoms with E-state index in [0.717, 1.165) is 49.2 Å². The van der Waals surface area contributed by atoms with Crippen molar-refractivity contribution < 1.29 is 4.42 Å². The summed E-state index contributed by atoms with van der Waals surface area (Å²) in [5.74, 6) is 0.426. The van der Waals surface area contributed by atoms with Crippen LogP contribution >= 0.6 is 11.3 Å². The lowest BCUT2D eigenvalue weighted by atomic mass is 10.0. The Bertz CT molecular complexity index is 1920. The molecular weight excluding hydrogens is 454 g/mol. The fourth-order valence-corrected chi connectivity index (χ4v) is 5.77. The lowest BCUT2D eigenvalue weighted by Gasteiger charge is -2.07. The summed E-state index contributed by atoms with van der Waals surface area (Å²) < 4.78 is 7.77. The predicted octanol–water partition coefficient (Wildman–Crippen LogP) is 7.05. The van der Waals surface area contributed by atoms with Gasteiger partial charge in [-0.2, -0.15) is 9.97 Å². The average molecular weight is 472 g/mol. The maximum Gasteiger partial charge on any atom is 0.356 e. The number of furan rings is 1. The Balaban J connectivity index is 1.60. The molecular formula is C29H17N3O2S. The third-order valence-electron chi connectivity index (χ3n) is 6.14. The smallest absolute Gasteiger partial charge is 0.356 e. The van der Waals surface area contributed by atoms with Gasteiger partial charge in [0.1, 0.15) is 11.2 Å². The van der Waals surface area contributed by atoms with Gasteiger partial charge >= 0.3 is 5.69 Å². The standard InChI is InChI=1S/C29H17N3O2S/c33-28-30-27(19-12-5-2-6-13-19)31-29-32(28)25(18-10-3-1-4-11-18)26(35-29)21-15-9-17-23-24(21)20-14-7-8-16-22(20)34-23/h1-17H. The number of benzene rings is 4. The molecule has 0 unspecified atom stereocenters. The zero-order valence-electron chi connectivity index (χ0n) is 18.4. The van der Waals surface area contributed by atoms with Crippen LogP contribution in [-0.4, -0.2) is 14.4 Å². The summed E-state index contributed by atoms with van der Waals surface area (Å²) in [6.45, 7) is 0. The molecule has 0 radical (unpaired) electrons. The molecule has 0 aliphatic heterocycles. The van der Waals surface area contributed by atoms with Crippen molar-refractivity contribution in [2.45, 2.75) is 0 Å². The van der Waals surface area contributed by atoms with Gasteiger partial charge in [-0.1, -0.05) is 102 Å². The molecule has 0 N–H and O–H groups in total. The summed E-state index contributed by atoms with van der Waals surface area (Å²) in [6.07, 6.45) is 0. The van der Waals surface area contributed by atoms with Crippen molar-refractivity contribution in [2.24, 2.45) is 0 Å². The average Bonchev–Trinajstić information content (AvgIpc) is 3.49. The monoisotopic (exact) mass is 471 g/mol. The first-order valence-corrected chi connectivity index (χ1v) is 12.0. The number of nitrogens with zero attached hydrogens (tertiary/aromatic N) is 3. The molecule has 0 aliphatic rings. The van der Waals surface area contributed by atoms with Crippen LogP contribution in [0.25, 0.3) is 60.0 Å². The zero-order valence-corrected chi connectivity index (χ0v) is 19.2. The number of para-hydroxylation sites is 1. The van der Waals surface area contributed by atoms with Crippen molar-refractivity contribution in [1.29, 1.82) is 0 Å². The molecule has 0 fully saturated rings. The van der Waals surface area contributed by atoms with Gasteiger partial charge < -0.3 is 4.42 Å². The van der Waals surface area contributed by atoms with Gasteiger partial charge in [0.2, 0.25) is 4.96 Å². The first kappa shape index (κ1) is 19.9. The van der Waals surface area contributed by atoms with Crippen molar-refractivity contribution in [1.82, 2.24) is 14.4 Å². The van der Waals surface area contributed by atoms with Gasteiger partial charge in [0, 0.05) is 27.5 Å². The van der Waals surface area contributed by atoms with Gasteiger partial charge in [0.05, 0.1) is 10.6 Å². The number of aromatic nitrogens is 3. The molecule has 0 saturated heterocycles. The number of rotatable bonds is 3. The SMILES string of the molecule is O=c1nc(-c2ccccc2)nc2sc(-c3cccc4oc5ccccc5c34)c(-c3ccccc3)n12. The second kappa shape index (κ2) is 7.75. The first-order valence-electron chi connectivity index (χ1n) is 11.2. The molecule has 0 bridgehead atoms. The highest BCUT2D eigenvalue weighted by Gasteiger charge is 2.22. The van der Waals surface area contributed by atoms with E-state index in [-0.39, 0.29) is 5.69 Å². The molecule has 6 heteroatoms. The Morgan fingerprint density at radius 3 is 2.17 bits per heavy atom. The van der Waals surface area contributed by atoms with Crippen LogP contribution in [0.3, 0.4) is 0 Å². The maximum absolute atomic E-state index is 13.4. The number of hydrogen-bond acceptors (Lipinski definition) is 5. The van der Waals surface area contributed by atoms with Crippen LogP contribution in [0, 0.1) is 0 Å². The van der Waals surface area contributed by atoms with Gasteiger partial charge in [0.25, 0.3) is 0 Å². The Hall–Kier alpha value is -4.55. The van der Waals surface area contributed by atoms with E-state index in [1.54, 1.807) is 4.40 Å². The number of fused-ring (bicyclic) bond motifs is 4. The molecule has 0 spiro atoms. The molecule has 7 rings (SSSR count). The summed E-state index contributed by atoms with van der Waals surface area (Å²) in [5.41, 5.74) is 4.82. The van der Waals surface area contributed by atoms with Crippen LogP contribution in [0.4, 0.5) is 0 Å². The minimum Gasteiger partial charge on any atom is -0.456 e. The lowest BCUT2D eigenvalue weighted by Crippen LogP contribution is -2.19. The Kier molecular flexibility index (Phi) is 4.40. The van der Waals surface area contributed by atoms with Crippen LogP contribution in [0.15, 0.2) is 112 Å². The highest BCUT2D eigenvalue weighted by molar-refractivity contribution is 7.21. The normalized spacial score (nSPS) is 11.5. The largest absolute Gasteiger partial charge is 0.456 e. The van der Waals surface area contributed by atoms with E-state index in [4.69, 9.17) is 9.40 Å². The Morgan fingerprint density at radius 2 is 1.37 bits per heavy atom. The van der Waals surface area contributed by atoms with E-state index >= 15 is 0 Å². The lowest BCUT2D eigenvalue weighted by molar-refractivity contribution is 0.669. The minimum atomic E-state index is -0.348. The molecule has 3 heterocycles. The minimum absolute atomic E-state index is 0.348. The summed E-state index contributed by atoms with van der Waals surface area (Å²) in [6, 6.07) is 33.6. The first-order chi connectivity index (χ1) is 17.3. The van der Waals surface area contributed by atoms with Gasteiger partial charge in [0.15, 0.2) is 5.82 Å². The van der Waals surface area contributed by atoms with Crippen LogP contribution in [0.1, 0.15) is 0 Å². The second-order valence-electron chi connectivity index (χ2n) is 8.24. The molecule has 35 heavy (non-hydrogen) atoms. The maximum atomic E-state index is 13.4. The summed E-state index contributed by atoms with van der Waals surface area (Å²) in [5, 5.41) is 2.06. The highest BCUT2D eigenvalue weighted by Crippen LogP contribution is 2.44. The van der Waals surface area contributed by atoms with E-state index in [0.29, 0.717) is 10.8 Å². The molecule has 3 aromatic heterocycles. The highest BCUT2D eigenvalue weighted by atomic mass is 32.1. The van der Waals surface area contributed by atoms with Crippen molar-refractivity contribution in [3.63, 3.8) is 0 Å². The molecule has 166 valence electrons. The summed E-state index contributed by atoms with van der Waals surface area (Å²) in [7, 11) is 0. The van der Waals surface area contributed by atoms with Crippen LogP contribution < -0.4 is 5.69 Å². The van der Waals surface area contributed by atoms with Crippen molar-refractivity contribution >= 4 is 38.2 Å². The molecule has 0 saturated carbocycles. The van der Waals surface area contributed by atoms with Crippen molar-refractivity contribution in [3.8, 4) is 33.1 Å². The molecule has 5 nitrogen and oxygen atoms in total. The molecule has 0 aliphatic carbocycles. The topological polar surface area (TPSA) is 60.4 Å². The molecule has 4 aromatic carbocycles.